The maximum absolute atomic E-state index is 11.2. The van der Waals surface area contributed by atoms with Crippen LogP contribution in [0.5, 0.6) is 5.88 Å². The number of esters is 1. The average Bonchev–Trinajstić information content (AvgIpc) is 2.04. The van der Waals surface area contributed by atoms with Crippen molar-refractivity contribution in [1.82, 2.24) is 4.98 Å². The van der Waals surface area contributed by atoms with Gasteiger partial charge in [-0.1, -0.05) is 0 Å². The van der Waals surface area contributed by atoms with Crippen molar-refractivity contribution in [3.63, 3.8) is 0 Å². The van der Waals surface area contributed by atoms with Gasteiger partial charge in [-0.05, 0) is 12.1 Å². The first kappa shape index (κ1) is 6.97. The first-order chi connectivity index (χ1) is 5.77. The van der Waals surface area contributed by atoms with Gasteiger partial charge in [0.2, 0.25) is 5.88 Å². The molecule has 2 heterocycles. The van der Waals surface area contributed by atoms with E-state index >= 15 is 0 Å². The van der Waals surface area contributed by atoms with Crippen LogP contribution in [0.2, 0.25) is 0 Å². The Morgan fingerprint density at radius 3 is 3.08 bits per heavy atom. The lowest BCUT2D eigenvalue weighted by molar-refractivity contribution is -0.134. The van der Waals surface area contributed by atoms with Crippen LogP contribution >= 0.6 is 0 Å². The Bertz CT molecular complexity index is 359. The van der Waals surface area contributed by atoms with E-state index in [2.05, 4.69) is 4.98 Å². The van der Waals surface area contributed by atoms with E-state index in [9.17, 15) is 9.59 Å². The maximum atomic E-state index is 11.2. The fraction of sp³-hybridized carbons (Fsp3) is 0.125. The van der Waals surface area contributed by atoms with E-state index < -0.39 is 5.97 Å². The molecule has 0 unspecified atom stereocenters. The van der Waals surface area contributed by atoms with Gasteiger partial charge in [0, 0.05) is 6.20 Å². The third-order valence-electron chi connectivity index (χ3n) is 1.59. The molecule has 60 valence electrons. The molecule has 1 aromatic rings. The van der Waals surface area contributed by atoms with Gasteiger partial charge in [-0.2, -0.15) is 0 Å². The Balaban J connectivity index is 2.54. The van der Waals surface area contributed by atoms with Crippen LogP contribution < -0.4 is 4.74 Å². The van der Waals surface area contributed by atoms with Gasteiger partial charge in [0.15, 0.2) is 5.78 Å². The van der Waals surface area contributed by atoms with Gasteiger partial charge in [-0.15, -0.1) is 0 Å². The molecule has 0 amide bonds. The molecule has 0 fully saturated rings. The SMILES string of the molecule is O=C1CC(=O)c2cccnc2O1. The van der Waals surface area contributed by atoms with Crippen LogP contribution in [0.1, 0.15) is 16.8 Å². The average molecular weight is 163 g/mol. The van der Waals surface area contributed by atoms with E-state index in [1.807, 2.05) is 0 Å². The summed E-state index contributed by atoms with van der Waals surface area (Å²) in [5.41, 5.74) is 0.386. The summed E-state index contributed by atoms with van der Waals surface area (Å²) in [7, 11) is 0. The molecule has 0 aliphatic carbocycles. The summed E-state index contributed by atoms with van der Waals surface area (Å²) in [6.07, 6.45) is 1.30. The topological polar surface area (TPSA) is 56.3 Å². The number of hydrogen-bond acceptors (Lipinski definition) is 4. The Hall–Kier alpha value is -1.71. The highest BCUT2D eigenvalue weighted by Crippen LogP contribution is 2.21. The summed E-state index contributed by atoms with van der Waals surface area (Å²) in [6.45, 7) is 0. The highest BCUT2D eigenvalue weighted by Gasteiger charge is 2.24. The van der Waals surface area contributed by atoms with Crippen molar-refractivity contribution in [3.8, 4) is 5.88 Å². The number of nitrogens with zero attached hydrogens (tertiary/aromatic N) is 1. The summed E-state index contributed by atoms with van der Waals surface area (Å²) >= 11 is 0. The highest BCUT2D eigenvalue weighted by atomic mass is 16.5. The minimum Gasteiger partial charge on any atom is -0.406 e. The van der Waals surface area contributed by atoms with Crippen LogP contribution in [0.15, 0.2) is 18.3 Å². The molecule has 2 rings (SSSR count). The molecule has 0 radical (unpaired) electrons. The molecule has 0 atom stereocenters. The molecule has 0 saturated carbocycles. The van der Waals surface area contributed by atoms with Crippen LogP contribution in [0.25, 0.3) is 0 Å². The molecule has 1 aliphatic heterocycles. The Morgan fingerprint density at radius 1 is 1.42 bits per heavy atom. The summed E-state index contributed by atoms with van der Waals surface area (Å²) < 4.78 is 4.73. The zero-order valence-electron chi connectivity index (χ0n) is 6.11. The lowest BCUT2D eigenvalue weighted by Crippen LogP contribution is -2.21. The summed E-state index contributed by atoms with van der Waals surface area (Å²) in [6, 6.07) is 3.23. The normalized spacial score (nSPS) is 15.3. The molecule has 0 aromatic carbocycles. The molecule has 0 bridgehead atoms. The minimum atomic E-state index is -0.536. The third-order valence-corrected chi connectivity index (χ3v) is 1.59. The van der Waals surface area contributed by atoms with E-state index in [-0.39, 0.29) is 18.1 Å². The second-order valence-electron chi connectivity index (χ2n) is 2.43. The molecule has 0 spiro atoms. The fourth-order valence-electron chi connectivity index (χ4n) is 1.05. The molecule has 12 heavy (non-hydrogen) atoms. The molecule has 1 aliphatic rings. The Morgan fingerprint density at radius 2 is 2.25 bits per heavy atom. The van der Waals surface area contributed by atoms with Gasteiger partial charge in [0.05, 0.1) is 5.56 Å². The third kappa shape index (κ3) is 0.972. The number of pyridine rings is 1. The lowest BCUT2D eigenvalue weighted by atomic mass is 10.1. The second-order valence-corrected chi connectivity index (χ2v) is 2.43. The standard InChI is InChI=1S/C8H5NO3/c10-6-4-7(11)12-8-5(6)2-1-3-9-8/h1-3H,4H2. The zero-order valence-corrected chi connectivity index (χ0v) is 6.11. The number of fused-ring (bicyclic) bond motifs is 1. The van der Waals surface area contributed by atoms with Crippen molar-refractivity contribution in [2.24, 2.45) is 0 Å². The van der Waals surface area contributed by atoms with Gasteiger partial charge < -0.3 is 4.74 Å². The minimum absolute atomic E-state index is 0.124. The van der Waals surface area contributed by atoms with Crippen LogP contribution in [-0.4, -0.2) is 16.7 Å². The first-order valence-electron chi connectivity index (χ1n) is 3.46. The summed E-state index contributed by atoms with van der Waals surface area (Å²) in [5, 5.41) is 0. The predicted octanol–water partition coefficient (Wildman–Crippen LogP) is 0.573. The van der Waals surface area contributed by atoms with Crippen molar-refractivity contribution in [3.05, 3.63) is 23.9 Å². The smallest absolute Gasteiger partial charge is 0.320 e. The van der Waals surface area contributed by atoms with E-state index in [1.54, 1.807) is 12.1 Å². The molecular formula is C8H5NO3. The van der Waals surface area contributed by atoms with E-state index in [1.165, 1.54) is 6.20 Å². The maximum Gasteiger partial charge on any atom is 0.320 e. The number of Topliss-reactive ketones (excluding diaryl/α,β-unsaturated/α-hetero) is 1. The van der Waals surface area contributed by atoms with Crippen LogP contribution in [0.4, 0.5) is 0 Å². The molecule has 0 saturated heterocycles. The van der Waals surface area contributed by atoms with Crippen molar-refractivity contribution in [2.45, 2.75) is 6.42 Å². The van der Waals surface area contributed by atoms with Gasteiger partial charge in [0.1, 0.15) is 6.42 Å². The summed E-state index contributed by atoms with van der Waals surface area (Å²) in [5.74, 6) is -0.640. The molecule has 1 aromatic heterocycles. The molecular weight excluding hydrogens is 158 g/mol. The van der Waals surface area contributed by atoms with Crippen LogP contribution in [0.3, 0.4) is 0 Å². The van der Waals surface area contributed by atoms with Crippen LogP contribution in [0, 0.1) is 0 Å². The molecule has 4 heteroatoms. The molecule has 0 N–H and O–H groups in total. The van der Waals surface area contributed by atoms with Crippen molar-refractivity contribution < 1.29 is 14.3 Å². The predicted molar refractivity (Wildman–Crippen MR) is 38.8 cm³/mol. The lowest BCUT2D eigenvalue weighted by Gasteiger charge is -2.11. The van der Waals surface area contributed by atoms with Crippen molar-refractivity contribution in [2.75, 3.05) is 0 Å². The second kappa shape index (κ2) is 2.41. The van der Waals surface area contributed by atoms with E-state index in [0.29, 0.717) is 5.56 Å². The van der Waals surface area contributed by atoms with Crippen molar-refractivity contribution in [1.29, 1.82) is 0 Å². The number of carbonyl (C=O) groups excluding carboxylic acids is 2. The van der Waals surface area contributed by atoms with Gasteiger partial charge >= 0.3 is 5.97 Å². The number of aromatic nitrogens is 1. The van der Waals surface area contributed by atoms with Crippen molar-refractivity contribution >= 4 is 11.8 Å². The number of carbonyl (C=O) groups is 2. The van der Waals surface area contributed by atoms with Gasteiger partial charge in [0.25, 0.3) is 0 Å². The van der Waals surface area contributed by atoms with E-state index in [0.717, 1.165) is 0 Å². The molecule has 4 nitrogen and oxygen atoms in total. The van der Waals surface area contributed by atoms with E-state index in [4.69, 9.17) is 4.74 Å². The number of ether oxygens (including phenoxy) is 1. The Kier molecular flexibility index (Phi) is 1.40. The monoisotopic (exact) mass is 163 g/mol. The van der Waals surface area contributed by atoms with Crippen LogP contribution in [-0.2, 0) is 4.79 Å². The quantitative estimate of drug-likeness (QED) is 0.414. The first-order valence-corrected chi connectivity index (χ1v) is 3.46. The zero-order chi connectivity index (χ0) is 8.55. The number of ketones is 1. The highest BCUT2D eigenvalue weighted by molar-refractivity contribution is 6.10. The largest absolute Gasteiger partial charge is 0.406 e. The van der Waals surface area contributed by atoms with Gasteiger partial charge in [-0.25, -0.2) is 4.98 Å². The Labute approximate surface area is 68.2 Å². The number of rotatable bonds is 0. The fourth-order valence-corrected chi connectivity index (χ4v) is 1.05. The number of hydrogen-bond donors (Lipinski definition) is 0. The van der Waals surface area contributed by atoms with Gasteiger partial charge in [-0.3, -0.25) is 9.59 Å². The summed E-state index contributed by atoms with van der Waals surface area (Å²) in [4.78, 5) is 25.7.